The van der Waals surface area contributed by atoms with E-state index < -0.39 is 0 Å². The van der Waals surface area contributed by atoms with Gasteiger partial charge in [-0.3, -0.25) is 4.79 Å². The summed E-state index contributed by atoms with van der Waals surface area (Å²) in [5.74, 6) is -0.224. The second-order valence-electron chi connectivity index (χ2n) is 5.99. The van der Waals surface area contributed by atoms with E-state index in [2.05, 4.69) is 10.6 Å². The average molecular weight is 305 g/mol. The van der Waals surface area contributed by atoms with Crippen molar-refractivity contribution in [2.75, 3.05) is 11.9 Å². The maximum Gasteiger partial charge on any atom is 0.319 e. The summed E-state index contributed by atoms with van der Waals surface area (Å²) in [6.45, 7) is 0.584. The summed E-state index contributed by atoms with van der Waals surface area (Å²) >= 11 is 0. The molecule has 1 heterocycles. The van der Waals surface area contributed by atoms with E-state index in [1.807, 2.05) is 4.90 Å². The van der Waals surface area contributed by atoms with Gasteiger partial charge in [-0.25, -0.2) is 9.18 Å². The van der Waals surface area contributed by atoms with E-state index in [9.17, 15) is 14.0 Å². The molecule has 1 aliphatic heterocycles. The fourth-order valence-corrected chi connectivity index (χ4v) is 3.28. The van der Waals surface area contributed by atoms with Crippen molar-refractivity contribution in [2.45, 2.75) is 44.2 Å². The number of nitrogens with one attached hydrogen (secondary N) is 2. The molecule has 5 nitrogen and oxygen atoms in total. The second-order valence-corrected chi connectivity index (χ2v) is 5.99. The summed E-state index contributed by atoms with van der Waals surface area (Å²) in [4.78, 5) is 25.9. The highest BCUT2D eigenvalue weighted by molar-refractivity contribution is 5.90. The van der Waals surface area contributed by atoms with E-state index in [1.165, 1.54) is 37.1 Å². The van der Waals surface area contributed by atoms with Gasteiger partial charge in [-0.15, -0.1) is 0 Å². The third-order valence-electron chi connectivity index (χ3n) is 4.36. The number of halogens is 1. The van der Waals surface area contributed by atoms with Crippen LogP contribution in [0.4, 0.5) is 14.9 Å². The van der Waals surface area contributed by atoms with Gasteiger partial charge in [0.2, 0.25) is 5.91 Å². The molecule has 1 unspecified atom stereocenters. The summed E-state index contributed by atoms with van der Waals surface area (Å²) < 4.78 is 12.8. The number of hydrogen-bond donors (Lipinski definition) is 2. The van der Waals surface area contributed by atoms with Gasteiger partial charge in [0.05, 0.1) is 6.04 Å². The van der Waals surface area contributed by atoms with Crippen LogP contribution in [-0.4, -0.2) is 35.5 Å². The molecular weight excluding hydrogens is 285 g/mol. The monoisotopic (exact) mass is 305 g/mol. The van der Waals surface area contributed by atoms with Crippen molar-refractivity contribution in [1.29, 1.82) is 0 Å². The van der Waals surface area contributed by atoms with E-state index in [4.69, 9.17) is 0 Å². The van der Waals surface area contributed by atoms with Crippen LogP contribution in [-0.2, 0) is 4.79 Å². The maximum atomic E-state index is 12.8. The molecule has 0 bridgehead atoms. The number of urea groups is 1. The minimum absolute atomic E-state index is 0.124. The Kier molecular flexibility index (Phi) is 4.27. The zero-order valence-corrected chi connectivity index (χ0v) is 12.3. The van der Waals surface area contributed by atoms with Gasteiger partial charge < -0.3 is 15.5 Å². The Morgan fingerprint density at radius 3 is 2.55 bits per heavy atom. The van der Waals surface area contributed by atoms with Gasteiger partial charge in [-0.05, 0) is 37.1 Å². The molecule has 1 aliphatic carbocycles. The van der Waals surface area contributed by atoms with Crippen LogP contribution < -0.4 is 10.6 Å². The van der Waals surface area contributed by atoms with Crippen LogP contribution in [0.15, 0.2) is 24.3 Å². The molecule has 22 heavy (non-hydrogen) atoms. The number of rotatable bonds is 3. The first-order valence-corrected chi connectivity index (χ1v) is 7.74. The molecule has 2 fully saturated rings. The Bertz CT molecular complexity index is 555. The van der Waals surface area contributed by atoms with Crippen molar-refractivity contribution >= 4 is 17.6 Å². The lowest BCUT2D eigenvalue weighted by Gasteiger charge is -2.24. The highest BCUT2D eigenvalue weighted by Gasteiger charge is 2.35. The number of hydrogen-bond acceptors (Lipinski definition) is 2. The first kappa shape index (κ1) is 14.8. The summed E-state index contributed by atoms with van der Waals surface area (Å²) in [6, 6.07) is 5.40. The van der Waals surface area contributed by atoms with Crippen molar-refractivity contribution in [3.63, 3.8) is 0 Å². The van der Waals surface area contributed by atoms with Crippen LogP contribution in [0.1, 0.15) is 32.1 Å². The molecule has 1 atom stereocenters. The first-order valence-electron chi connectivity index (χ1n) is 7.74. The molecule has 3 amide bonds. The summed E-state index contributed by atoms with van der Waals surface area (Å²) in [5, 5.41) is 5.47. The summed E-state index contributed by atoms with van der Waals surface area (Å²) in [6.07, 6.45) is 4.85. The van der Waals surface area contributed by atoms with Crippen molar-refractivity contribution in [2.24, 2.45) is 0 Å². The Labute approximate surface area is 128 Å². The fraction of sp³-hybridized carbons (Fsp3) is 0.500. The number of anilines is 1. The lowest BCUT2D eigenvalue weighted by atomic mass is 10.2. The molecule has 1 saturated carbocycles. The second kappa shape index (κ2) is 6.34. The predicted molar refractivity (Wildman–Crippen MR) is 80.9 cm³/mol. The van der Waals surface area contributed by atoms with E-state index in [-0.39, 0.29) is 23.8 Å². The van der Waals surface area contributed by atoms with Gasteiger partial charge >= 0.3 is 6.03 Å². The van der Waals surface area contributed by atoms with Crippen molar-refractivity contribution in [1.82, 2.24) is 10.2 Å². The highest BCUT2D eigenvalue weighted by Crippen LogP contribution is 2.27. The van der Waals surface area contributed by atoms with E-state index >= 15 is 0 Å². The van der Waals surface area contributed by atoms with Crippen LogP contribution >= 0.6 is 0 Å². The molecule has 2 aliphatic rings. The number of likely N-dealkylation sites (tertiary alicyclic amines) is 1. The maximum absolute atomic E-state index is 12.8. The zero-order chi connectivity index (χ0) is 15.5. The third kappa shape index (κ3) is 3.37. The fourth-order valence-electron chi connectivity index (χ4n) is 3.28. The molecular formula is C16H20FN3O2. The summed E-state index contributed by atoms with van der Waals surface area (Å²) in [5.41, 5.74) is 0.524. The van der Waals surface area contributed by atoms with E-state index in [1.54, 1.807) is 0 Å². The van der Waals surface area contributed by atoms with Gasteiger partial charge in [-0.1, -0.05) is 12.8 Å². The molecule has 6 heteroatoms. The van der Waals surface area contributed by atoms with Crippen molar-refractivity contribution in [3.8, 4) is 0 Å². The molecule has 0 radical (unpaired) electrons. The number of benzene rings is 1. The lowest BCUT2D eigenvalue weighted by Crippen LogP contribution is -2.41. The Morgan fingerprint density at radius 2 is 1.86 bits per heavy atom. The number of nitrogens with zero attached hydrogens (tertiary/aromatic N) is 1. The molecule has 0 spiro atoms. The van der Waals surface area contributed by atoms with Crippen LogP contribution in [0.5, 0.6) is 0 Å². The minimum atomic E-state index is -0.363. The predicted octanol–water partition coefficient (Wildman–Crippen LogP) is 2.49. The Hall–Kier alpha value is -2.11. The van der Waals surface area contributed by atoms with Gasteiger partial charge in [-0.2, -0.15) is 0 Å². The molecule has 1 aromatic rings. The molecule has 0 aromatic heterocycles. The highest BCUT2D eigenvalue weighted by atomic mass is 19.1. The van der Waals surface area contributed by atoms with Gasteiger partial charge in [0.15, 0.2) is 0 Å². The van der Waals surface area contributed by atoms with Crippen molar-refractivity contribution < 1.29 is 14.0 Å². The molecule has 1 saturated heterocycles. The topological polar surface area (TPSA) is 61.4 Å². The third-order valence-corrected chi connectivity index (χ3v) is 4.36. The zero-order valence-electron chi connectivity index (χ0n) is 12.3. The van der Waals surface area contributed by atoms with Crippen LogP contribution in [0.25, 0.3) is 0 Å². The number of carbonyl (C=O) groups is 2. The first-order chi connectivity index (χ1) is 10.6. The van der Waals surface area contributed by atoms with Gasteiger partial charge in [0, 0.05) is 24.7 Å². The van der Waals surface area contributed by atoms with Crippen LogP contribution in [0, 0.1) is 5.82 Å². The number of amides is 3. The normalized spacial score (nSPS) is 22.1. The SMILES string of the molecule is O=C(Nc1ccc(F)cc1)NC1CC(=O)N(C2CCCC2)C1. The largest absolute Gasteiger partial charge is 0.338 e. The van der Waals surface area contributed by atoms with E-state index in [0.717, 1.165) is 12.8 Å². The van der Waals surface area contributed by atoms with Crippen LogP contribution in [0.3, 0.4) is 0 Å². The molecule has 3 rings (SSSR count). The van der Waals surface area contributed by atoms with Gasteiger partial charge in [0.1, 0.15) is 5.82 Å². The van der Waals surface area contributed by atoms with E-state index in [0.29, 0.717) is 24.7 Å². The quantitative estimate of drug-likeness (QED) is 0.901. The minimum Gasteiger partial charge on any atom is -0.338 e. The molecule has 1 aromatic carbocycles. The smallest absolute Gasteiger partial charge is 0.319 e. The molecule has 118 valence electrons. The molecule has 2 N–H and O–H groups in total. The average Bonchev–Trinajstić information content (AvgIpc) is 3.11. The van der Waals surface area contributed by atoms with Crippen molar-refractivity contribution in [3.05, 3.63) is 30.1 Å². The number of carbonyl (C=O) groups excluding carboxylic acids is 2. The lowest BCUT2D eigenvalue weighted by molar-refractivity contribution is -0.129. The van der Waals surface area contributed by atoms with Crippen LogP contribution in [0.2, 0.25) is 0 Å². The summed E-state index contributed by atoms with van der Waals surface area (Å²) in [7, 11) is 0. The Morgan fingerprint density at radius 1 is 1.18 bits per heavy atom. The standard InChI is InChI=1S/C16H20FN3O2/c17-11-5-7-12(8-6-11)18-16(22)19-13-9-15(21)20(10-13)14-3-1-2-4-14/h5-8,13-14H,1-4,9-10H2,(H2,18,19,22). The van der Waals surface area contributed by atoms with Gasteiger partial charge in [0.25, 0.3) is 0 Å². The Balaban J connectivity index is 1.51.